The highest BCUT2D eigenvalue weighted by Crippen LogP contribution is 2.46. The van der Waals surface area contributed by atoms with Crippen molar-refractivity contribution in [3.63, 3.8) is 0 Å². The quantitative estimate of drug-likeness (QED) is 0.525. The van der Waals surface area contributed by atoms with Crippen molar-refractivity contribution in [1.29, 1.82) is 0 Å². The predicted molar refractivity (Wildman–Crippen MR) is 137 cm³/mol. The van der Waals surface area contributed by atoms with Gasteiger partial charge in [0.15, 0.2) is 0 Å². The molecule has 0 spiro atoms. The van der Waals surface area contributed by atoms with Gasteiger partial charge in [-0.2, -0.15) is 13.2 Å². The SMILES string of the molecule is C[C@@H]1CN(Cc2cc(C(F)(F)F)c3cn(C4CCCC([C@@H](C5CCC5)C5NCNN5)C4)c(=O)n3c2)CCO1. The summed E-state index contributed by atoms with van der Waals surface area (Å²) in [5.41, 5.74) is 5.91. The molecular formula is C27H39F3N6O2. The minimum absolute atomic E-state index is 0.0341. The van der Waals surface area contributed by atoms with Crippen molar-refractivity contribution in [2.45, 2.75) is 82.9 Å². The number of halogens is 3. The van der Waals surface area contributed by atoms with Crippen molar-refractivity contribution in [1.82, 2.24) is 30.0 Å². The number of fused-ring (bicyclic) bond motifs is 1. The number of hydrogen-bond acceptors (Lipinski definition) is 6. The number of ether oxygens (including phenoxy) is 1. The molecule has 2 aliphatic carbocycles. The highest BCUT2D eigenvalue weighted by atomic mass is 19.4. The van der Waals surface area contributed by atoms with Crippen molar-refractivity contribution in [2.75, 3.05) is 26.4 Å². The largest absolute Gasteiger partial charge is 0.418 e. The molecule has 4 fully saturated rings. The van der Waals surface area contributed by atoms with Gasteiger partial charge in [-0.1, -0.05) is 25.7 Å². The number of alkyl halides is 3. The molecule has 2 aliphatic heterocycles. The second-order valence-electron chi connectivity index (χ2n) is 11.8. The highest BCUT2D eigenvalue weighted by Gasteiger charge is 2.42. The van der Waals surface area contributed by atoms with Crippen LogP contribution in [0.3, 0.4) is 0 Å². The van der Waals surface area contributed by atoms with E-state index in [1.54, 1.807) is 10.8 Å². The van der Waals surface area contributed by atoms with E-state index in [-0.39, 0.29) is 29.5 Å². The lowest BCUT2D eigenvalue weighted by molar-refractivity contribution is -0.136. The van der Waals surface area contributed by atoms with E-state index < -0.39 is 11.7 Å². The Morgan fingerprint density at radius 3 is 2.61 bits per heavy atom. The van der Waals surface area contributed by atoms with Crippen LogP contribution in [0, 0.1) is 17.8 Å². The first kappa shape index (κ1) is 26.3. The number of hydrazine groups is 1. The van der Waals surface area contributed by atoms with Crippen LogP contribution in [0.2, 0.25) is 0 Å². The lowest BCUT2D eigenvalue weighted by Crippen LogP contribution is -2.49. The fraction of sp³-hybridized carbons (Fsp3) is 0.741. The molecule has 0 aromatic carbocycles. The van der Waals surface area contributed by atoms with E-state index in [1.165, 1.54) is 35.9 Å². The number of morpholine rings is 1. The van der Waals surface area contributed by atoms with Crippen LogP contribution in [0.5, 0.6) is 0 Å². The Labute approximate surface area is 220 Å². The Morgan fingerprint density at radius 1 is 1.13 bits per heavy atom. The summed E-state index contributed by atoms with van der Waals surface area (Å²) in [4.78, 5) is 15.7. The molecule has 11 heteroatoms. The number of hydrogen-bond donors (Lipinski definition) is 3. The topological polar surface area (TPSA) is 75.0 Å². The average Bonchev–Trinajstić information content (AvgIpc) is 3.49. The number of nitrogens with one attached hydrogen (secondary N) is 3. The van der Waals surface area contributed by atoms with Crippen LogP contribution in [0.15, 0.2) is 23.3 Å². The van der Waals surface area contributed by atoms with Crippen LogP contribution in [0.25, 0.3) is 5.52 Å². The lowest BCUT2D eigenvalue weighted by Gasteiger charge is -2.44. The van der Waals surface area contributed by atoms with E-state index in [0.717, 1.165) is 32.4 Å². The van der Waals surface area contributed by atoms with Crippen LogP contribution in [-0.4, -0.2) is 52.5 Å². The molecule has 2 aromatic heterocycles. The minimum Gasteiger partial charge on any atom is -0.376 e. The minimum atomic E-state index is -4.55. The summed E-state index contributed by atoms with van der Waals surface area (Å²) in [5.74, 6) is 1.51. The van der Waals surface area contributed by atoms with Crippen LogP contribution in [0.1, 0.15) is 69.0 Å². The zero-order chi connectivity index (χ0) is 26.4. The number of pyridine rings is 1. The van der Waals surface area contributed by atoms with Crippen molar-refractivity contribution in [3.8, 4) is 0 Å². The molecule has 8 nitrogen and oxygen atoms in total. The summed E-state index contributed by atoms with van der Waals surface area (Å²) < 4.78 is 51.1. The van der Waals surface area contributed by atoms with E-state index in [1.807, 2.05) is 6.92 Å². The monoisotopic (exact) mass is 536 g/mol. The summed E-state index contributed by atoms with van der Waals surface area (Å²) in [6.45, 7) is 4.91. The van der Waals surface area contributed by atoms with Gasteiger partial charge in [-0.05, 0) is 55.6 Å². The molecule has 6 rings (SSSR count). The number of nitrogens with zero attached hydrogens (tertiary/aromatic N) is 3. The molecule has 4 aliphatic rings. The molecule has 5 atom stereocenters. The summed E-state index contributed by atoms with van der Waals surface area (Å²) >= 11 is 0. The number of imidazole rings is 1. The van der Waals surface area contributed by atoms with Gasteiger partial charge in [-0.25, -0.2) is 15.6 Å². The van der Waals surface area contributed by atoms with Crippen LogP contribution < -0.4 is 21.9 Å². The Hall–Kier alpha value is -1.92. The third-order valence-corrected chi connectivity index (χ3v) is 9.26. The maximum absolute atomic E-state index is 14.2. The van der Waals surface area contributed by atoms with Gasteiger partial charge >= 0.3 is 11.9 Å². The van der Waals surface area contributed by atoms with Gasteiger partial charge in [0, 0.05) is 38.1 Å². The fourth-order valence-corrected chi connectivity index (χ4v) is 7.29. The maximum Gasteiger partial charge on any atom is 0.418 e. The maximum atomic E-state index is 14.2. The molecule has 2 aromatic rings. The molecule has 3 N–H and O–H groups in total. The first-order valence-electron chi connectivity index (χ1n) is 14.2. The fourth-order valence-electron chi connectivity index (χ4n) is 7.29. The third kappa shape index (κ3) is 5.15. The Morgan fingerprint density at radius 2 is 1.92 bits per heavy atom. The van der Waals surface area contributed by atoms with E-state index in [9.17, 15) is 18.0 Å². The van der Waals surface area contributed by atoms with E-state index in [4.69, 9.17) is 4.74 Å². The van der Waals surface area contributed by atoms with Gasteiger partial charge in [-0.3, -0.25) is 19.2 Å². The molecule has 0 amide bonds. The van der Waals surface area contributed by atoms with Crippen molar-refractivity contribution in [2.24, 2.45) is 17.8 Å². The summed E-state index contributed by atoms with van der Waals surface area (Å²) in [6.07, 6.45) is 6.16. The van der Waals surface area contributed by atoms with Crippen molar-refractivity contribution >= 4 is 5.52 Å². The van der Waals surface area contributed by atoms with E-state index in [2.05, 4.69) is 21.1 Å². The van der Waals surface area contributed by atoms with Gasteiger partial charge in [0.2, 0.25) is 0 Å². The van der Waals surface area contributed by atoms with E-state index in [0.29, 0.717) is 49.6 Å². The molecular weight excluding hydrogens is 497 g/mol. The highest BCUT2D eigenvalue weighted by molar-refractivity contribution is 5.56. The summed E-state index contributed by atoms with van der Waals surface area (Å²) in [5, 5.41) is 3.53. The first-order chi connectivity index (χ1) is 18.3. The van der Waals surface area contributed by atoms with Gasteiger partial charge in [-0.15, -0.1) is 0 Å². The second kappa shape index (κ2) is 10.6. The number of rotatable bonds is 6. The van der Waals surface area contributed by atoms with Crippen LogP contribution in [-0.2, 0) is 17.5 Å². The van der Waals surface area contributed by atoms with Crippen LogP contribution >= 0.6 is 0 Å². The predicted octanol–water partition coefficient (Wildman–Crippen LogP) is 3.47. The van der Waals surface area contributed by atoms with Gasteiger partial charge in [0.05, 0.1) is 36.6 Å². The van der Waals surface area contributed by atoms with Gasteiger partial charge in [0.1, 0.15) is 0 Å². The molecule has 2 saturated carbocycles. The molecule has 38 heavy (non-hydrogen) atoms. The van der Waals surface area contributed by atoms with Crippen LogP contribution in [0.4, 0.5) is 13.2 Å². The van der Waals surface area contributed by atoms with Gasteiger partial charge < -0.3 is 4.74 Å². The number of aromatic nitrogens is 2. The third-order valence-electron chi connectivity index (χ3n) is 9.26. The lowest BCUT2D eigenvalue weighted by atomic mass is 9.65. The Bertz CT molecular complexity index is 1190. The second-order valence-corrected chi connectivity index (χ2v) is 11.8. The first-order valence-corrected chi connectivity index (χ1v) is 14.2. The van der Waals surface area contributed by atoms with Crippen molar-refractivity contribution < 1.29 is 17.9 Å². The zero-order valence-electron chi connectivity index (χ0n) is 22.0. The average molecular weight is 537 g/mol. The van der Waals surface area contributed by atoms with Gasteiger partial charge in [0.25, 0.3) is 0 Å². The molecule has 4 heterocycles. The smallest absolute Gasteiger partial charge is 0.376 e. The molecule has 2 saturated heterocycles. The molecule has 0 bridgehead atoms. The van der Waals surface area contributed by atoms with E-state index >= 15 is 0 Å². The summed E-state index contributed by atoms with van der Waals surface area (Å²) in [7, 11) is 0. The molecule has 210 valence electrons. The standard InChI is InChI=1S/C27H39F3N6O2/c1-17-12-34(8-9-38-17)13-18-10-22(27(28,29)30)23-15-35(26(37)36(23)14-18)21-7-3-6-20(11-21)24(19-4-2-5-19)25-31-16-32-33-25/h10,14-15,17,19-21,24-25,31-33H,2-9,11-13,16H2,1H3/t17-,20?,21?,24-,25?/m1/s1. The summed E-state index contributed by atoms with van der Waals surface area (Å²) in [6, 6.07) is 1.13. The molecule has 3 unspecified atom stereocenters. The zero-order valence-corrected chi connectivity index (χ0v) is 22.0. The molecule has 0 radical (unpaired) electrons. The normalized spacial score (nSPS) is 30.5. The Balaban J connectivity index is 1.30. The Kier molecular flexibility index (Phi) is 7.32. The van der Waals surface area contributed by atoms with Crippen molar-refractivity contribution in [3.05, 3.63) is 40.1 Å².